The van der Waals surface area contributed by atoms with Gasteiger partial charge >= 0.3 is 0 Å². The number of halogens is 1. The molecule has 0 spiro atoms. The van der Waals surface area contributed by atoms with Crippen LogP contribution in [-0.2, 0) is 0 Å². The van der Waals surface area contributed by atoms with E-state index in [1.165, 1.54) is 12.7 Å². The summed E-state index contributed by atoms with van der Waals surface area (Å²) < 4.78 is 0. The van der Waals surface area contributed by atoms with E-state index in [1.807, 2.05) is 37.3 Å². The maximum atomic E-state index is 6.03. The minimum Gasteiger partial charge on any atom is -0.340 e. The average Bonchev–Trinajstić information content (AvgIpc) is 3.37. The van der Waals surface area contributed by atoms with E-state index >= 15 is 0 Å². The first kappa shape index (κ1) is 20.9. The first-order valence-corrected chi connectivity index (χ1v) is 11.2. The number of H-pyrrole nitrogens is 1. The Kier molecular flexibility index (Phi) is 5.16. The molecule has 4 aromatic heterocycles. The topological polar surface area (TPSA) is 117 Å². The third-order valence-corrected chi connectivity index (χ3v) is 5.94. The molecule has 6 aromatic rings. The highest BCUT2D eigenvalue weighted by atomic mass is 35.5. The van der Waals surface area contributed by atoms with Crippen LogP contribution < -0.4 is 10.6 Å². The van der Waals surface area contributed by atoms with Gasteiger partial charge < -0.3 is 15.6 Å². The molecule has 35 heavy (non-hydrogen) atoms. The van der Waals surface area contributed by atoms with Crippen molar-refractivity contribution in [2.45, 2.75) is 6.92 Å². The van der Waals surface area contributed by atoms with Crippen LogP contribution in [0.15, 0.2) is 73.8 Å². The minimum atomic E-state index is 0.614. The van der Waals surface area contributed by atoms with E-state index in [9.17, 15) is 0 Å². The molecule has 9 nitrogen and oxygen atoms in total. The van der Waals surface area contributed by atoms with Gasteiger partial charge in [0, 0.05) is 33.9 Å². The van der Waals surface area contributed by atoms with E-state index in [4.69, 9.17) is 11.6 Å². The first-order chi connectivity index (χ1) is 17.2. The van der Waals surface area contributed by atoms with Crippen LogP contribution in [0.4, 0.5) is 23.0 Å². The number of nitrogens with zero attached hydrogens (tertiary/aromatic N) is 6. The van der Waals surface area contributed by atoms with Gasteiger partial charge in [-0.25, -0.2) is 29.9 Å². The number of pyridine rings is 1. The highest BCUT2D eigenvalue weighted by Crippen LogP contribution is 2.36. The molecule has 0 unspecified atom stereocenters. The summed E-state index contributed by atoms with van der Waals surface area (Å²) in [6.45, 7) is 2.05. The number of anilines is 4. The molecule has 2 aromatic carbocycles. The van der Waals surface area contributed by atoms with Crippen molar-refractivity contribution in [3.05, 3.63) is 84.4 Å². The molecule has 0 aliphatic carbocycles. The molecule has 0 saturated carbocycles. The summed E-state index contributed by atoms with van der Waals surface area (Å²) in [6.07, 6.45) is 8.10. The van der Waals surface area contributed by atoms with Crippen LogP contribution in [-0.4, -0.2) is 34.9 Å². The van der Waals surface area contributed by atoms with Crippen molar-refractivity contribution in [2.75, 3.05) is 10.6 Å². The summed E-state index contributed by atoms with van der Waals surface area (Å²) in [4.78, 5) is 29.4. The van der Waals surface area contributed by atoms with Crippen LogP contribution in [0.2, 0.25) is 5.02 Å². The standard InChI is InChI=1S/C25H18ClN9/c1-14-2-7-18-17(8-9-28-23(18)34-16-5-3-15(26)4-6-16)20(14)35-24-19(10-27-11-31-24)21-22-25(32-12-29-21)33-13-30-22/h2-13H,1H3,(H,28,34)(H,27,31,35)(H,29,30,32,33). The summed E-state index contributed by atoms with van der Waals surface area (Å²) in [5, 5.41) is 9.54. The molecule has 0 saturated heterocycles. The van der Waals surface area contributed by atoms with Gasteiger partial charge in [-0.3, -0.25) is 0 Å². The van der Waals surface area contributed by atoms with E-state index in [1.54, 1.807) is 18.7 Å². The number of fused-ring (bicyclic) bond motifs is 2. The summed E-state index contributed by atoms with van der Waals surface area (Å²) in [5.74, 6) is 1.35. The van der Waals surface area contributed by atoms with Crippen molar-refractivity contribution < 1.29 is 0 Å². The Hall–Kier alpha value is -4.63. The number of benzene rings is 2. The van der Waals surface area contributed by atoms with E-state index in [2.05, 4.69) is 57.7 Å². The van der Waals surface area contributed by atoms with Crippen molar-refractivity contribution in [2.24, 2.45) is 0 Å². The molecule has 0 bridgehead atoms. The van der Waals surface area contributed by atoms with Gasteiger partial charge in [-0.2, -0.15) is 0 Å². The lowest BCUT2D eigenvalue weighted by atomic mass is 10.0. The Morgan fingerprint density at radius 3 is 2.57 bits per heavy atom. The van der Waals surface area contributed by atoms with Crippen molar-refractivity contribution in [1.29, 1.82) is 0 Å². The lowest BCUT2D eigenvalue weighted by Gasteiger charge is -2.16. The summed E-state index contributed by atoms with van der Waals surface area (Å²) in [5.41, 5.74) is 5.53. The van der Waals surface area contributed by atoms with Crippen LogP contribution >= 0.6 is 11.6 Å². The smallest absolute Gasteiger partial charge is 0.161 e. The van der Waals surface area contributed by atoms with Crippen LogP contribution in [0.5, 0.6) is 0 Å². The predicted molar refractivity (Wildman–Crippen MR) is 137 cm³/mol. The van der Waals surface area contributed by atoms with Crippen LogP contribution in [0, 0.1) is 6.92 Å². The molecule has 4 heterocycles. The number of aromatic amines is 1. The average molecular weight is 480 g/mol. The number of nitrogens with one attached hydrogen (secondary N) is 3. The summed E-state index contributed by atoms with van der Waals surface area (Å²) >= 11 is 6.03. The maximum absolute atomic E-state index is 6.03. The van der Waals surface area contributed by atoms with Gasteiger partial charge in [0.15, 0.2) is 5.65 Å². The maximum Gasteiger partial charge on any atom is 0.161 e. The zero-order valence-corrected chi connectivity index (χ0v) is 19.2. The Labute approximate surface area is 204 Å². The first-order valence-electron chi connectivity index (χ1n) is 10.8. The fraction of sp³-hybridized carbons (Fsp3) is 0.0400. The van der Waals surface area contributed by atoms with Crippen molar-refractivity contribution in [3.63, 3.8) is 0 Å². The molecule has 6 rings (SSSR count). The Morgan fingerprint density at radius 2 is 1.69 bits per heavy atom. The molecule has 0 atom stereocenters. The fourth-order valence-corrected chi connectivity index (χ4v) is 4.11. The minimum absolute atomic E-state index is 0.614. The molecular formula is C25H18ClN9. The number of aryl methyl sites for hydroxylation is 1. The van der Waals surface area contributed by atoms with Gasteiger partial charge in [-0.1, -0.05) is 23.7 Å². The normalized spacial score (nSPS) is 11.1. The lowest BCUT2D eigenvalue weighted by molar-refractivity contribution is 1.15. The van der Waals surface area contributed by atoms with Crippen LogP contribution in [0.25, 0.3) is 33.2 Å². The summed E-state index contributed by atoms with van der Waals surface area (Å²) in [6, 6.07) is 13.6. The van der Waals surface area contributed by atoms with E-state index in [-0.39, 0.29) is 0 Å². The molecular weight excluding hydrogens is 462 g/mol. The highest BCUT2D eigenvalue weighted by molar-refractivity contribution is 6.30. The zero-order chi connectivity index (χ0) is 23.8. The van der Waals surface area contributed by atoms with Crippen molar-refractivity contribution >= 4 is 56.5 Å². The molecule has 170 valence electrons. The monoisotopic (exact) mass is 479 g/mol. The Balaban J connectivity index is 1.44. The molecule has 10 heteroatoms. The second-order valence-corrected chi connectivity index (χ2v) is 8.31. The molecule has 0 fully saturated rings. The molecule has 0 aliphatic rings. The highest BCUT2D eigenvalue weighted by Gasteiger charge is 2.16. The molecule has 3 N–H and O–H groups in total. The van der Waals surface area contributed by atoms with E-state index in [0.717, 1.165) is 39.1 Å². The number of rotatable bonds is 5. The largest absolute Gasteiger partial charge is 0.340 e. The van der Waals surface area contributed by atoms with Crippen molar-refractivity contribution in [3.8, 4) is 11.3 Å². The van der Waals surface area contributed by atoms with Gasteiger partial charge in [0.2, 0.25) is 0 Å². The van der Waals surface area contributed by atoms with Gasteiger partial charge in [-0.05, 0) is 42.8 Å². The fourth-order valence-electron chi connectivity index (χ4n) is 3.98. The van der Waals surface area contributed by atoms with Gasteiger partial charge in [-0.15, -0.1) is 0 Å². The number of aromatic nitrogens is 7. The van der Waals surface area contributed by atoms with E-state index in [0.29, 0.717) is 27.7 Å². The quantitative estimate of drug-likeness (QED) is 0.283. The third-order valence-electron chi connectivity index (χ3n) is 5.69. The Morgan fingerprint density at radius 1 is 0.800 bits per heavy atom. The molecule has 0 amide bonds. The second kappa shape index (κ2) is 8.62. The number of hydrogen-bond acceptors (Lipinski definition) is 8. The summed E-state index contributed by atoms with van der Waals surface area (Å²) in [7, 11) is 0. The van der Waals surface area contributed by atoms with Gasteiger partial charge in [0.1, 0.15) is 35.5 Å². The molecule has 0 aliphatic heterocycles. The zero-order valence-electron chi connectivity index (χ0n) is 18.5. The van der Waals surface area contributed by atoms with E-state index < -0.39 is 0 Å². The molecule has 0 radical (unpaired) electrons. The number of hydrogen-bond donors (Lipinski definition) is 3. The van der Waals surface area contributed by atoms with Gasteiger partial charge in [0.05, 0.1) is 17.6 Å². The number of imidazole rings is 1. The van der Waals surface area contributed by atoms with Crippen LogP contribution in [0.3, 0.4) is 0 Å². The van der Waals surface area contributed by atoms with Crippen molar-refractivity contribution in [1.82, 2.24) is 34.9 Å². The third kappa shape index (κ3) is 3.87. The SMILES string of the molecule is Cc1ccc2c(Nc3ccc(Cl)cc3)nccc2c1Nc1ncncc1-c1ncnc2[nH]cnc12. The predicted octanol–water partition coefficient (Wildman–Crippen LogP) is 5.81. The lowest BCUT2D eigenvalue weighted by Crippen LogP contribution is -2.02. The van der Waals surface area contributed by atoms with Gasteiger partial charge in [0.25, 0.3) is 0 Å². The Bertz CT molecular complexity index is 1680. The second-order valence-electron chi connectivity index (χ2n) is 7.88. The van der Waals surface area contributed by atoms with Crippen LogP contribution in [0.1, 0.15) is 5.56 Å².